The molecule has 4 rings (SSSR count). The smallest absolute Gasteiger partial charge is 0.475 e. The van der Waals surface area contributed by atoms with E-state index in [1.807, 2.05) is 36.5 Å². The highest BCUT2D eigenvalue weighted by molar-refractivity contribution is 6.35. The summed E-state index contributed by atoms with van der Waals surface area (Å²) in [7, 11) is 0. The lowest BCUT2D eigenvalue weighted by Crippen LogP contribution is -2.48. The fourth-order valence-corrected chi connectivity index (χ4v) is 3.21. The maximum Gasteiger partial charge on any atom is 0.490 e. The summed E-state index contributed by atoms with van der Waals surface area (Å²) in [6.07, 6.45) is -2.45. The maximum atomic E-state index is 12.1. The van der Waals surface area contributed by atoms with Crippen LogP contribution in [0, 0.1) is 0 Å². The van der Waals surface area contributed by atoms with Crippen LogP contribution in [-0.2, 0) is 33.9 Å². The van der Waals surface area contributed by atoms with Gasteiger partial charge < -0.3 is 21.1 Å². The number of aromatic nitrogens is 3. The van der Waals surface area contributed by atoms with Crippen molar-refractivity contribution in [2.75, 3.05) is 6.54 Å². The molecule has 34 heavy (non-hydrogen) atoms. The number of fused-ring (bicyclic) bond motifs is 2. The monoisotopic (exact) mass is 478 g/mol. The Bertz CT molecular complexity index is 1180. The number of amides is 2. The topological polar surface area (TPSA) is 138 Å². The molecule has 3 aromatic rings. The molecule has 3 heterocycles. The second kappa shape index (κ2) is 10.7. The van der Waals surface area contributed by atoms with Gasteiger partial charge in [-0.1, -0.05) is 30.3 Å². The van der Waals surface area contributed by atoms with Crippen LogP contribution < -0.4 is 16.0 Å². The summed E-state index contributed by atoms with van der Waals surface area (Å²) in [4.78, 5) is 33.0. The summed E-state index contributed by atoms with van der Waals surface area (Å²) < 4.78 is 33.5. The van der Waals surface area contributed by atoms with Crippen molar-refractivity contribution in [2.45, 2.75) is 31.7 Å². The van der Waals surface area contributed by atoms with Gasteiger partial charge in [-0.15, -0.1) is 10.2 Å². The molecule has 0 bridgehead atoms. The first-order chi connectivity index (χ1) is 16.1. The summed E-state index contributed by atoms with van der Waals surface area (Å²) in [5.41, 5.74) is 3.24. The molecule has 1 atom stereocenters. The van der Waals surface area contributed by atoms with Crippen LogP contribution in [0.1, 0.15) is 17.0 Å². The lowest BCUT2D eigenvalue weighted by molar-refractivity contribution is -0.192. The highest BCUT2D eigenvalue weighted by Crippen LogP contribution is 2.15. The van der Waals surface area contributed by atoms with Gasteiger partial charge in [0.2, 0.25) is 0 Å². The molecule has 2 aromatic heterocycles. The molecule has 180 valence electrons. The number of nitrogens with one attached hydrogen (secondary N) is 3. The standard InChI is InChI=1S/C19H20N6O2.C2HF3O2/c26-18(21-11-15-9-13-5-1-2-6-14(13)10-20-15)19(27)22-12-17-24-23-16-7-3-4-8-25(16)17;3-2(4,5)1(6)7/h1-8,15,20H,9-12H2,(H,21,26)(H,22,27);(H,6,7). The first-order valence-corrected chi connectivity index (χ1v) is 10.1. The van der Waals surface area contributed by atoms with E-state index in [2.05, 4.69) is 38.3 Å². The number of rotatable bonds is 4. The average Bonchev–Trinajstić information content (AvgIpc) is 3.23. The van der Waals surface area contributed by atoms with Gasteiger partial charge in [-0.25, -0.2) is 4.79 Å². The predicted octanol–water partition coefficient (Wildman–Crippen LogP) is 0.809. The quantitative estimate of drug-likeness (QED) is 0.407. The molecular formula is C21H21F3N6O4. The molecule has 0 spiro atoms. The second-order valence-electron chi connectivity index (χ2n) is 7.29. The van der Waals surface area contributed by atoms with Crippen LogP contribution in [0.5, 0.6) is 0 Å². The van der Waals surface area contributed by atoms with Gasteiger partial charge in [-0.05, 0) is 29.7 Å². The number of carbonyl (C=O) groups is 3. The largest absolute Gasteiger partial charge is 0.490 e. The van der Waals surface area contributed by atoms with Crippen LogP contribution in [0.3, 0.4) is 0 Å². The lowest BCUT2D eigenvalue weighted by Gasteiger charge is -2.26. The molecule has 1 unspecified atom stereocenters. The van der Waals surface area contributed by atoms with Gasteiger partial charge in [-0.2, -0.15) is 13.2 Å². The van der Waals surface area contributed by atoms with E-state index in [-0.39, 0.29) is 12.6 Å². The van der Waals surface area contributed by atoms with E-state index >= 15 is 0 Å². The first kappa shape index (κ1) is 24.6. The van der Waals surface area contributed by atoms with E-state index in [1.165, 1.54) is 11.1 Å². The molecule has 1 aliphatic rings. The number of benzene rings is 1. The first-order valence-electron chi connectivity index (χ1n) is 10.1. The highest BCUT2D eigenvalue weighted by atomic mass is 19.4. The number of nitrogens with zero attached hydrogens (tertiary/aromatic N) is 3. The summed E-state index contributed by atoms with van der Waals surface area (Å²) in [5, 5.41) is 23.8. The van der Waals surface area contributed by atoms with Crippen LogP contribution in [0.15, 0.2) is 48.7 Å². The van der Waals surface area contributed by atoms with Crippen molar-refractivity contribution in [1.29, 1.82) is 0 Å². The molecule has 13 heteroatoms. The number of carboxylic acids is 1. The molecule has 4 N–H and O–H groups in total. The Morgan fingerprint density at radius 1 is 1.03 bits per heavy atom. The molecular weight excluding hydrogens is 457 g/mol. The SMILES string of the molecule is O=C(NCc1nnc2ccccn12)C(=O)NCC1Cc2ccccc2CN1.O=C(O)C(F)(F)F. The van der Waals surface area contributed by atoms with E-state index in [0.717, 1.165) is 13.0 Å². The van der Waals surface area contributed by atoms with E-state index in [4.69, 9.17) is 9.90 Å². The number of carbonyl (C=O) groups excluding carboxylic acids is 2. The molecule has 10 nitrogen and oxygen atoms in total. The van der Waals surface area contributed by atoms with Crippen LogP contribution in [0.2, 0.25) is 0 Å². The molecule has 1 aliphatic heterocycles. The van der Waals surface area contributed by atoms with Gasteiger partial charge in [-0.3, -0.25) is 14.0 Å². The Morgan fingerprint density at radius 3 is 2.38 bits per heavy atom. The Kier molecular flexibility index (Phi) is 7.79. The minimum Gasteiger partial charge on any atom is -0.475 e. The molecule has 0 saturated heterocycles. The van der Waals surface area contributed by atoms with Crippen LogP contribution in [-0.4, -0.2) is 56.3 Å². The van der Waals surface area contributed by atoms with Crippen molar-refractivity contribution in [1.82, 2.24) is 30.5 Å². The zero-order valence-electron chi connectivity index (χ0n) is 17.7. The Morgan fingerprint density at radius 2 is 1.68 bits per heavy atom. The Balaban J connectivity index is 0.000000406. The lowest BCUT2D eigenvalue weighted by atomic mass is 9.96. The van der Waals surface area contributed by atoms with E-state index in [0.29, 0.717) is 18.0 Å². The number of alkyl halides is 3. The fraction of sp³-hybridized carbons (Fsp3) is 0.286. The summed E-state index contributed by atoms with van der Waals surface area (Å²) in [6.45, 7) is 1.30. The molecule has 0 radical (unpaired) electrons. The molecule has 1 aromatic carbocycles. The summed E-state index contributed by atoms with van der Waals surface area (Å²) >= 11 is 0. The minimum atomic E-state index is -5.08. The summed E-state index contributed by atoms with van der Waals surface area (Å²) in [5.74, 6) is -3.52. The predicted molar refractivity (Wildman–Crippen MR) is 112 cm³/mol. The van der Waals surface area contributed by atoms with Gasteiger partial charge >= 0.3 is 24.0 Å². The number of halogens is 3. The third kappa shape index (κ3) is 6.51. The summed E-state index contributed by atoms with van der Waals surface area (Å²) in [6, 6.07) is 13.9. The molecule has 0 fully saturated rings. The Hall–Kier alpha value is -4.00. The Labute approximate surface area is 191 Å². The number of carboxylic acid groups (broad SMARTS) is 1. The normalized spacial score (nSPS) is 15.0. The van der Waals surface area contributed by atoms with E-state index < -0.39 is 24.0 Å². The van der Waals surface area contributed by atoms with Crippen molar-refractivity contribution in [3.8, 4) is 0 Å². The maximum absolute atomic E-state index is 12.1. The zero-order valence-corrected chi connectivity index (χ0v) is 17.7. The fourth-order valence-electron chi connectivity index (χ4n) is 3.21. The van der Waals surface area contributed by atoms with Gasteiger partial charge in [0.1, 0.15) is 0 Å². The highest BCUT2D eigenvalue weighted by Gasteiger charge is 2.38. The van der Waals surface area contributed by atoms with Gasteiger partial charge in [0.05, 0.1) is 6.54 Å². The minimum absolute atomic E-state index is 0.108. The van der Waals surface area contributed by atoms with Crippen molar-refractivity contribution in [3.63, 3.8) is 0 Å². The van der Waals surface area contributed by atoms with Crippen LogP contribution >= 0.6 is 0 Å². The van der Waals surface area contributed by atoms with Crippen LogP contribution in [0.4, 0.5) is 13.2 Å². The van der Waals surface area contributed by atoms with E-state index in [1.54, 1.807) is 4.40 Å². The molecule has 0 saturated carbocycles. The van der Waals surface area contributed by atoms with Crippen molar-refractivity contribution in [3.05, 3.63) is 65.6 Å². The molecule has 2 amide bonds. The van der Waals surface area contributed by atoms with Gasteiger partial charge in [0.15, 0.2) is 11.5 Å². The van der Waals surface area contributed by atoms with Crippen molar-refractivity contribution < 1.29 is 32.7 Å². The van der Waals surface area contributed by atoms with E-state index in [9.17, 15) is 22.8 Å². The number of pyridine rings is 1. The van der Waals surface area contributed by atoms with Crippen molar-refractivity contribution in [2.24, 2.45) is 0 Å². The number of hydrogen-bond acceptors (Lipinski definition) is 6. The third-order valence-corrected chi connectivity index (χ3v) is 4.92. The van der Waals surface area contributed by atoms with Crippen LogP contribution in [0.25, 0.3) is 5.65 Å². The van der Waals surface area contributed by atoms with Gasteiger partial charge in [0, 0.05) is 25.3 Å². The number of hydrogen-bond donors (Lipinski definition) is 4. The van der Waals surface area contributed by atoms with Crippen molar-refractivity contribution >= 4 is 23.4 Å². The average molecular weight is 478 g/mol. The zero-order chi connectivity index (χ0) is 24.7. The number of aliphatic carboxylic acids is 1. The van der Waals surface area contributed by atoms with Gasteiger partial charge in [0.25, 0.3) is 0 Å². The molecule has 0 aliphatic carbocycles. The third-order valence-electron chi connectivity index (χ3n) is 4.92. The second-order valence-corrected chi connectivity index (χ2v) is 7.29.